The predicted molar refractivity (Wildman–Crippen MR) is 50.5 cm³/mol. The molecule has 1 atom stereocenters. The summed E-state index contributed by atoms with van der Waals surface area (Å²) < 4.78 is 5.26. The topological polar surface area (TPSA) is 32.8 Å². The fraction of sp³-hybridized carbons (Fsp3) is 0.889. The smallest absolute Gasteiger partial charge is 0.237 e. The van der Waals surface area contributed by atoms with E-state index in [1.165, 1.54) is 0 Å². The van der Waals surface area contributed by atoms with Crippen molar-refractivity contribution < 1.29 is 9.53 Å². The molecule has 1 aliphatic heterocycles. The van der Waals surface area contributed by atoms with E-state index in [1.807, 2.05) is 30.8 Å². The zero-order valence-corrected chi connectivity index (χ0v) is 8.62. The van der Waals surface area contributed by atoms with Crippen LogP contribution in [-0.2, 0) is 9.53 Å². The van der Waals surface area contributed by atoms with E-state index < -0.39 is 0 Å². The van der Waals surface area contributed by atoms with Gasteiger partial charge in [0.1, 0.15) is 0 Å². The Morgan fingerprint density at radius 1 is 1.62 bits per heavy atom. The number of carbonyl (C=O) groups excluding carboxylic acids is 1. The Hall–Kier alpha value is -0.610. The first-order valence-electron chi connectivity index (χ1n) is 4.63. The highest BCUT2D eigenvalue weighted by Crippen LogP contribution is 2.06. The number of morpholine rings is 1. The van der Waals surface area contributed by atoms with Gasteiger partial charge in [0.25, 0.3) is 0 Å². The SMILES string of the molecule is C[C@@H]1COCCN1C(=O)CN(C)C. The third-order valence-corrected chi connectivity index (χ3v) is 2.14. The van der Waals surface area contributed by atoms with Gasteiger partial charge < -0.3 is 14.5 Å². The summed E-state index contributed by atoms with van der Waals surface area (Å²) in [6.07, 6.45) is 0. The zero-order chi connectivity index (χ0) is 9.84. The number of hydrogen-bond donors (Lipinski definition) is 0. The van der Waals surface area contributed by atoms with E-state index in [0.29, 0.717) is 19.8 Å². The molecule has 1 aliphatic rings. The Kier molecular flexibility index (Phi) is 3.69. The van der Waals surface area contributed by atoms with Gasteiger partial charge in [0, 0.05) is 6.54 Å². The number of likely N-dealkylation sites (N-methyl/N-ethyl adjacent to an activating group) is 1. The molecule has 76 valence electrons. The van der Waals surface area contributed by atoms with Crippen LogP contribution in [0.2, 0.25) is 0 Å². The minimum Gasteiger partial charge on any atom is -0.377 e. The molecule has 13 heavy (non-hydrogen) atoms. The average molecular weight is 186 g/mol. The number of ether oxygens (including phenoxy) is 1. The van der Waals surface area contributed by atoms with Gasteiger partial charge in [-0.15, -0.1) is 0 Å². The van der Waals surface area contributed by atoms with Crippen molar-refractivity contribution in [1.82, 2.24) is 9.80 Å². The largest absolute Gasteiger partial charge is 0.377 e. The van der Waals surface area contributed by atoms with E-state index in [2.05, 4.69) is 0 Å². The summed E-state index contributed by atoms with van der Waals surface area (Å²) >= 11 is 0. The molecule has 0 saturated carbocycles. The number of carbonyl (C=O) groups is 1. The van der Waals surface area contributed by atoms with Crippen molar-refractivity contribution in [3.8, 4) is 0 Å². The molecule has 1 rings (SSSR count). The maximum Gasteiger partial charge on any atom is 0.237 e. The molecular formula is C9H18N2O2. The highest BCUT2D eigenvalue weighted by Gasteiger charge is 2.23. The van der Waals surface area contributed by atoms with Crippen LogP contribution in [0.4, 0.5) is 0 Å². The molecule has 4 heteroatoms. The van der Waals surface area contributed by atoms with Gasteiger partial charge in [-0.1, -0.05) is 0 Å². The lowest BCUT2D eigenvalue weighted by molar-refractivity contribution is -0.139. The summed E-state index contributed by atoms with van der Waals surface area (Å²) in [7, 11) is 3.81. The van der Waals surface area contributed by atoms with E-state index in [4.69, 9.17) is 4.74 Å². The second kappa shape index (κ2) is 4.58. The van der Waals surface area contributed by atoms with E-state index >= 15 is 0 Å². The second-order valence-corrected chi connectivity index (χ2v) is 3.75. The molecule has 0 aromatic carbocycles. The first kappa shape index (κ1) is 10.5. The molecule has 4 nitrogen and oxygen atoms in total. The first-order chi connectivity index (χ1) is 6.11. The summed E-state index contributed by atoms with van der Waals surface area (Å²) in [4.78, 5) is 15.4. The summed E-state index contributed by atoms with van der Waals surface area (Å²) in [5.74, 6) is 0.195. The Morgan fingerprint density at radius 3 is 2.85 bits per heavy atom. The molecule has 0 N–H and O–H groups in total. The molecule has 1 saturated heterocycles. The number of hydrogen-bond acceptors (Lipinski definition) is 3. The van der Waals surface area contributed by atoms with Gasteiger partial charge >= 0.3 is 0 Å². The molecule has 0 bridgehead atoms. The molecule has 1 fully saturated rings. The highest BCUT2D eigenvalue weighted by atomic mass is 16.5. The highest BCUT2D eigenvalue weighted by molar-refractivity contribution is 5.78. The summed E-state index contributed by atoms with van der Waals surface area (Å²) in [5, 5.41) is 0. The number of nitrogens with zero attached hydrogens (tertiary/aromatic N) is 2. The Bertz CT molecular complexity index is 182. The normalized spacial score (nSPS) is 23.7. The van der Waals surface area contributed by atoms with Crippen molar-refractivity contribution in [2.45, 2.75) is 13.0 Å². The van der Waals surface area contributed by atoms with Crippen LogP contribution in [0.5, 0.6) is 0 Å². The van der Waals surface area contributed by atoms with Crippen molar-refractivity contribution in [2.24, 2.45) is 0 Å². The molecule has 0 aromatic rings. The van der Waals surface area contributed by atoms with Gasteiger partial charge in [0.15, 0.2) is 0 Å². The Balaban J connectivity index is 2.44. The molecule has 0 spiro atoms. The third-order valence-electron chi connectivity index (χ3n) is 2.14. The van der Waals surface area contributed by atoms with Crippen LogP contribution >= 0.6 is 0 Å². The summed E-state index contributed by atoms with van der Waals surface area (Å²) in [5.41, 5.74) is 0. The lowest BCUT2D eigenvalue weighted by Crippen LogP contribution is -2.49. The van der Waals surface area contributed by atoms with Crippen LogP contribution in [0, 0.1) is 0 Å². The molecule has 0 unspecified atom stereocenters. The van der Waals surface area contributed by atoms with Crippen LogP contribution in [0.15, 0.2) is 0 Å². The maximum atomic E-state index is 11.6. The van der Waals surface area contributed by atoms with Crippen molar-refractivity contribution in [3.05, 3.63) is 0 Å². The lowest BCUT2D eigenvalue weighted by atomic mass is 10.2. The van der Waals surface area contributed by atoms with Crippen molar-refractivity contribution in [2.75, 3.05) is 40.4 Å². The second-order valence-electron chi connectivity index (χ2n) is 3.75. The average Bonchev–Trinajstić information content (AvgIpc) is 2.03. The third kappa shape index (κ3) is 2.97. The van der Waals surface area contributed by atoms with Crippen molar-refractivity contribution in [3.63, 3.8) is 0 Å². The lowest BCUT2D eigenvalue weighted by Gasteiger charge is -2.34. The first-order valence-corrected chi connectivity index (χ1v) is 4.63. The van der Waals surface area contributed by atoms with Gasteiger partial charge in [-0.25, -0.2) is 0 Å². The monoisotopic (exact) mass is 186 g/mol. The van der Waals surface area contributed by atoms with Crippen LogP contribution in [0.3, 0.4) is 0 Å². The Morgan fingerprint density at radius 2 is 2.31 bits per heavy atom. The van der Waals surface area contributed by atoms with Crippen LogP contribution in [0.1, 0.15) is 6.92 Å². The van der Waals surface area contributed by atoms with Crippen LogP contribution in [-0.4, -0.2) is 62.1 Å². The van der Waals surface area contributed by atoms with Gasteiger partial charge in [0.05, 0.1) is 25.8 Å². The van der Waals surface area contributed by atoms with E-state index in [0.717, 1.165) is 6.54 Å². The van der Waals surface area contributed by atoms with E-state index in [1.54, 1.807) is 0 Å². The number of rotatable bonds is 2. The quantitative estimate of drug-likeness (QED) is 0.598. The Labute approximate surface area is 79.4 Å². The number of amides is 1. The van der Waals surface area contributed by atoms with E-state index in [9.17, 15) is 4.79 Å². The predicted octanol–water partition coefficient (Wildman–Crippen LogP) is -0.205. The van der Waals surface area contributed by atoms with Gasteiger partial charge in [-0.05, 0) is 21.0 Å². The van der Waals surface area contributed by atoms with Gasteiger partial charge in [0.2, 0.25) is 5.91 Å². The fourth-order valence-corrected chi connectivity index (χ4v) is 1.46. The van der Waals surface area contributed by atoms with Crippen LogP contribution in [0.25, 0.3) is 0 Å². The standard InChI is InChI=1S/C9H18N2O2/c1-8-7-13-5-4-11(8)9(12)6-10(2)3/h8H,4-7H2,1-3H3/t8-/m1/s1. The molecule has 0 radical (unpaired) electrons. The minimum atomic E-state index is 0.195. The maximum absolute atomic E-state index is 11.6. The van der Waals surface area contributed by atoms with Crippen LogP contribution < -0.4 is 0 Å². The van der Waals surface area contributed by atoms with Crippen molar-refractivity contribution in [1.29, 1.82) is 0 Å². The van der Waals surface area contributed by atoms with Gasteiger partial charge in [-0.3, -0.25) is 4.79 Å². The molecule has 1 heterocycles. The summed E-state index contributed by atoms with van der Waals surface area (Å²) in [6.45, 7) is 4.58. The van der Waals surface area contributed by atoms with Gasteiger partial charge in [-0.2, -0.15) is 0 Å². The van der Waals surface area contributed by atoms with E-state index in [-0.39, 0.29) is 11.9 Å². The zero-order valence-electron chi connectivity index (χ0n) is 8.62. The summed E-state index contributed by atoms with van der Waals surface area (Å²) in [6, 6.07) is 0.223. The molecule has 1 amide bonds. The minimum absolute atomic E-state index is 0.195. The fourth-order valence-electron chi connectivity index (χ4n) is 1.46. The molecular weight excluding hydrogens is 168 g/mol. The van der Waals surface area contributed by atoms with Crippen molar-refractivity contribution >= 4 is 5.91 Å². The molecule has 0 aromatic heterocycles. The molecule has 0 aliphatic carbocycles.